The van der Waals surface area contributed by atoms with Crippen molar-refractivity contribution in [2.75, 3.05) is 18.5 Å². The van der Waals surface area contributed by atoms with E-state index in [4.69, 9.17) is 27.9 Å². The van der Waals surface area contributed by atoms with Crippen molar-refractivity contribution < 1.29 is 9.84 Å². The second-order valence-electron chi connectivity index (χ2n) is 6.24. The number of ether oxygens (including phenoxy) is 1. The zero-order chi connectivity index (χ0) is 19.7. The number of halogens is 2. The molecule has 7 nitrogen and oxygen atoms in total. The van der Waals surface area contributed by atoms with Gasteiger partial charge >= 0.3 is 0 Å². The Kier molecular flexibility index (Phi) is 5.21. The second kappa shape index (κ2) is 7.79. The summed E-state index contributed by atoms with van der Waals surface area (Å²) in [5.41, 5.74) is 1.50. The summed E-state index contributed by atoms with van der Waals surface area (Å²) < 4.78 is 7.21. The molecule has 0 amide bonds. The Bertz CT molecular complexity index is 1150. The highest BCUT2D eigenvalue weighted by atomic mass is 35.5. The van der Waals surface area contributed by atoms with E-state index in [0.29, 0.717) is 33.2 Å². The van der Waals surface area contributed by atoms with Crippen LogP contribution in [0.1, 0.15) is 5.82 Å². The predicted molar refractivity (Wildman–Crippen MR) is 109 cm³/mol. The summed E-state index contributed by atoms with van der Waals surface area (Å²) in [6.45, 7) is 2.07. The van der Waals surface area contributed by atoms with Crippen molar-refractivity contribution in [2.45, 2.75) is 13.0 Å². The van der Waals surface area contributed by atoms with E-state index in [2.05, 4.69) is 20.4 Å². The van der Waals surface area contributed by atoms with Gasteiger partial charge in [0.15, 0.2) is 5.65 Å². The summed E-state index contributed by atoms with van der Waals surface area (Å²) in [7, 11) is 0. The van der Waals surface area contributed by atoms with Crippen molar-refractivity contribution in [1.82, 2.24) is 19.6 Å². The molecule has 2 aromatic carbocycles. The van der Waals surface area contributed by atoms with Crippen molar-refractivity contribution in [3.05, 3.63) is 58.3 Å². The number of hydrogen-bond acceptors (Lipinski definition) is 6. The highest BCUT2D eigenvalue weighted by Crippen LogP contribution is 2.31. The van der Waals surface area contributed by atoms with Crippen LogP contribution in [0.4, 0.5) is 5.95 Å². The first-order valence-electron chi connectivity index (χ1n) is 8.64. The fourth-order valence-electron chi connectivity index (χ4n) is 2.82. The molecule has 0 spiro atoms. The van der Waals surface area contributed by atoms with Crippen LogP contribution < -0.4 is 10.1 Å². The Morgan fingerprint density at radius 1 is 1.14 bits per heavy atom. The number of benzene rings is 2. The molecule has 0 bridgehead atoms. The highest BCUT2D eigenvalue weighted by molar-refractivity contribution is 6.42. The van der Waals surface area contributed by atoms with Crippen LogP contribution in [0.25, 0.3) is 16.6 Å². The van der Waals surface area contributed by atoms with Crippen LogP contribution in [0, 0.1) is 6.92 Å². The third kappa shape index (κ3) is 3.69. The molecule has 0 saturated carbocycles. The van der Waals surface area contributed by atoms with E-state index in [1.165, 1.54) is 0 Å². The van der Waals surface area contributed by atoms with Crippen LogP contribution >= 0.6 is 23.2 Å². The number of para-hydroxylation sites is 1. The zero-order valence-electron chi connectivity index (χ0n) is 14.9. The van der Waals surface area contributed by atoms with Gasteiger partial charge < -0.3 is 15.2 Å². The molecular formula is C19H17Cl2N5O2. The Labute approximate surface area is 170 Å². The summed E-state index contributed by atoms with van der Waals surface area (Å²) >= 11 is 12.1. The molecule has 0 radical (unpaired) electrons. The lowest BCUT2D eigenvalue weighted by Crippen LogP contribution is -2.27. The maximum atomic E-state index is 10.3. The Balaban J connectivity index is 1.49. The molecule has 2 heterocycles. The summed E-state index contributed by atoms with van der Waals surface area (Å²) in [5.74, 6) is 1.56. The van der Waals surface area contributed by atoms with E-state index < -0.39 is 6.10 Å². The fraction of sp³-hybridized carbons (Fsp3) is 0.211. The van der Waals surface area contributed by atoms with Crippen molar-refractivity contribution in [3.8, 4) is 5.75 Å². The molecule has 4 rings (SSSR count). The first-order chi connectivity index (χ1) is 13.5. The second-order valence-corrected chi connectivity index (χ2v) is 7.03. The molecular weight excluding hydrogens is 401 g/mol. The molecule has 0 fully saturated rings. The molecule has 0 aliphatic rings. The van der Waals surface area contributed by atoms with E-state index in [-0.39, 0.29) is 13.2 Å². The van der Waals surface area contributed by atoms with Gasteiger partial charge in [0.05, 0.1) is 10.5 Å². The molecule has 28 heavy (non-hydrogen) atoms. The first-order valence-corrected chi connectivity index (χ1v) is 9.39. The smallest absolute Gasteiger partial charge is 0.226 e. The Morgan fingerprint density at radius 3 is 2.82 bits per heavy atom. The van der Waals surface area contributed by atoms with Gasteiger partial charge in [0.2, 0.25) is 5.95 Å². The van der Waals surface area contributed by atoms with Gasteiger partial charge in [-0.15, -0.1) is 5.10 Å². The number of aromatic nitrogens is 4. The lowest BCUT2D eigenvalue weighted by Gasteiger charge is -2.15. The van der Waals surface area contributed by atoms with Crippen LogP contribution in [-0.2, 0) is 0 Å². The number of rotatable bonds is 6. The maximum Gasteiger partial charge on any atom is 0.226 e. The standard InChI is InChI=1S/C19H17Cl2N5O2/c1-11-23-18-13-5-2-3-7-15(13)24-19(26(18)25-11)22-9-12(27)10-28-16-8-4-6-14(20)17(16)21/h2-8,12,27H,9-10H2,1H3,(H,22,24). The SMILES string of the molecule is Cc1nc2c3ccccc3nc(NCC(O)COc3cccc(Cl)c3Cl)n2n1. The van der Waals surface area contributed by atoms with Gasteiger partial charge in [0, 0.05) is 11.9 Å². The minimum absolute atomic E-state index is 0.0418. The number of aliphatic hydroxyl groups is 1. The van der Waals surface area contributed by atoms with Crippen LogP contribution in [0.3, 0.4) is 0 Å². The lowest BCUT2D eigenvalue weighted by atomic mass is 10.2. The lowest BCUT2D eigenvalue weighted by molar-refractivity contribution is 0.117. The zero-order valence-corrected chi connectivity index (χ0v) is 16.4. The number of fused-ring (bicyclic) bond motifs is 3. The third-order valence-corrected chi connectivity index (χ3v) is 4.93. The minimum Gasteiger partial charge on any atom is -0.489 e. The number of aliphatic hydroxyl groups excluding tert-OH is 1. The normalized spacial score (nSPS) is 12.4. The van der Waals surface area contributed by atoms with E-state index >= 15 is 0 Å². The van der Waals surface area contributed by atoms with E-state index in [0.717, 1.165) is 10.9 Å². The average Bonchev–Trinajstić information content (AvgIpc) is 3.09. The average molecular weight is 418 g/mol. The van der Waals surface area contributed by atoms with Gasteiger partial charge in [-0.3, -0.25) is 0 Å². The monoisotopic (exact) mass is 417 g/mol. The molecule has 0 aliphatic heterocycles. The molecule has 1 atom stereocenters. The van der Waals surface area contributed by atoms with Crippen LogP contribution in [0.15, 0.2) is 42.5 Å². The van der Waals surface area contributed by atoms with Gasteiger partial charge in [-0.2, -0.15) is 4.52 Å². The summed E-state index contributed by atoms with van der Waals surface area (Å²) in [6.07, 6.45) is -0.803. The van der Waals surface area contributed by atoms with Gasteiger partial charge in [0.1, 0.15) is 29.3 Å². The van der Waals surface area contributed by atoms with Crippen molar-refractivity contribution >= 4 is 45.7 Å². The largest absolute Gasteiger partial charge is 0.489 e. The minimum atomic E-state index is -0.803. The van der Waals surface area contributed by atoms with Gasteiger partial charge in [-0.1, -0.05) is 41.4 Å². The van der Waals surface area contributed by atoms with Crippen LogP contribution in [0.2, 0.25) is 10.0 Å². The number of aryl methyl sites for hydroxylation is 1. The molecule has 9 heteroatoms. The molecule has 2 aromatic heterocycles. The Hall–Kier alpha value is -2.61. The predicted octanol–water partition coefficient (Wildman–Crippen LogP) is 3.74. The van der Waals surface area contributed by atoms with Crippen molar-refractivity contribution in [3.63, 3.8) is 0 Å². The molecule has 2 N–H and O–H groups in total. The summed E-state index contributed by atoms with van der Waals surface area (Å²) in [5, 5.41) is 19.4. The Morgan fingerprint density at radius 2 is 1.96 bits per heavy atom. The molecule has 144 valence electrons. The highest BCUT2D eigenvalue weighted by Gasteiger charge is 2.14. The quantitative estimate of drug-likeness (QED) is 0.496. The van der Waals surface area contributed by atoms with E-state index in [9.17, 15) is 5.11 Å². The van der Waals surface area contributed by atoms with E-state index in [1.54, 1.807) is 22.7 Å². The van der Waals surface area contributed by atoms with Gasteiger partial charge in [-0.25, -0.2) is 9.97 Å². The summed E-state index contributed by atoms with van der Waals surface area (Å²) in [6, 6.07) is 12.8. The van der Waals surface area contributed by atoms with Crippen LogP contribution in [-0.4, -0.2) is 43.9 Å². The number of anilines is 1. The molecule has 0 saturated heterocycles. The third-order valence-electron chi connectivity index (χ3n) is 4.13. The maximum absolute atomic E-state index is 10.3. The molecule has 4 aromatic rings. The fourth-order valence-corrected chi connectivity index (χ4v) is 3.17. The molecule has 1 unspecified atom stereocenters. The van der Waals surface area contributed by atoms with Crippen molar-refractivity contribution in [2.24, 2.45) is 0 Å². The van der Waals surface area contributed by atoms with Crippen molar-refractivity contribution in [1.29, 1.82) is 0 Å². The first kappa shape index (κ1) is 18.7. The van der Waals surface area contributed by atoms with Crippen LogP contribution in [0.5, 0.6) is 5.75 Å². The number of nitrogens with one attached hydrogen (secondary N) is 1. The number of hydrogen-bond donors (Lipinski definition) is 2. The van der Waals surface area contributed by atoms with Gasteiger partial charge in [-0.05, 0) is 31.2 Å². The summed E-state index contributed by atoms with van der Waals surface area (Å²) in [4.78, 5) is 9.07. The van der Waals surface area contributed by atoms with E-state index in [1.807, 2.05) is 31.2 Å². The molecule has 0 aliphatic carbocycles. The number of nitrogens with zero attached hydrogens (tertiary/aromatic N) is 4. The topological polar surface area (TPSA) is 84.6 Å². The van der Waals surface area contributed by atoms with Gasteiger partial charge in [0.25, 0.3) is 0 Å².